The maximum atomic E-state index is 2.51. The van der Waals surface area contributed by atoms with E-state index in [-0.39, 0.29) is 0 Å². The van der Waals surface area contributed by atoms with Crippen molar-refractivity contribution in [3.63, 3.8) is 0 Å². The van der Waals surface area contributed by atoms with E-state index in [0.717, 1.165) is 0 Å². The van der Waals surface area contributed by atoms with E-state index in [2.05, 4.69) is 80.5 Å². The second-order valence-electron chi connectivity index (χ2n) is 0.383. The quantitative estimate of drug-likeness (QED) is 0.304. The standard InChI is InChI=1S/AsI4/c2-1(3,4)5. The molecule has 0 saturated heterocycles. The average Bonchev–Trinajstić information content (AvgIpc) is 0.722. The summed E-state index contributed by atoms with van der Waals surface area (Å²) in [5.41, 5.74) is 0. The molecule has 33 valence electrons. The molecule has 0 heterocycles. The van der Waals surface area contributed by atoms with Gasteiger partial charge in [0.25, 0.3) is 0 Å². The summed E-state index contributed by atoms with van der Waals surface area (Å²) >= 11 is 10.0. The third-order valence-corrected chi connectivity index (χ3v) is 0. The number of hydrogen-bond acceptors (Lipinski definition) is 0. The number of rotatable bonds is 0. The van der Waals surface area contributed by atoms with Crippen LogP contribution in [0, 0.1) is 0 Å². The molecule has 0 spiro atoms. The molecule has 0 aliphatic heterocycles. The van der Waals surface area contributed by atoms with Crippen molar-refractivity contribution in [2.75, 3.05) is 0 Å². The Kier molecular flexibility index (Phi) is 5.92. The average molecular weight is 583 g/mol. The van der Waals surface area contributed by atoms with Crippen molar-refractivity contribution in [3.8, 4) is 0 Å². The van der Waals surface area contributed by atoms with Crippen LogP contribution in [0.5, 0.6) is 0 Å². The van der Waals surface area contributed by atoms with Gasteiger partial charge >= 0.3 is 80.7 Å². The fourth-order valence-corrected chi connectivity index (χ4v) is 0. The molecule has 0 aromatic carbocycles. The third kappa shape index (κ3) is 18.6. The molecule has 0 N–H and O–H groups in total. The van der Waals surface area contributed by atoms with Gasteiger partial charge in [0.2, 0.25) is 0 Å². The molecule has 0 unspecified atom stereocenters. The molecule has 5 heavy (non-hydrogen) atoms. The molecule has 1 radical (unpaired) electrons. The fraction of sp³-hybridized carbons (Fsp3) is 0. The van der Waals surface area contributed by atoms with Crippen LogP contribution in [0.4, 0.5) is 0 Å². The van der Waals surface area contributed by atoms with Gasteiger partial charge in [-0.3, -0.25) is 0 Å². The van der Waals surface area contributed by atoms with Crippen LogP contribution in [0.1, 0.15) is 0 Å². The summed E-state index contributed by atoms with van der Waals surface area (Å²) in [6.07, 6.45) is 0. The van der Waals surface area contributed by atoms with E-state index in [0.29, 0.717) is 0 Å². The predicted octanol–water partition coefficient (Wildman–Crippen LogP) is 3.16. The molecule has 0 aliphatic rings. The zero-order chi connectivity index (χ0) is 4.50. The van der Waals surface area contributed by atoms with Crippen LogP contribution in [-0.2, 0) is 0 Å². The molecule has 0 atom stereocenters. The van der Waals surface area contributed by atoms with Crippen molar-refractivity contribution in [2.24, 2.45) is 0 Å². The van der Waals surface area contributed by atoms with Gasteiger partial charge in [-0.25, -0.2) is 0 Å². The molecule has 0 aromatic rings. The Labute approximate surface area is 78.2 Å². The molecule has 5 heteroatoms. The Morgan fingerprint density at radius 1 is 0.800 bits per heavy atom. The molecular weight excluding hydrogens is 583 g/mol. The van der Waals surface area contributed by atoms with Crippen LogP contribution in [0.15, 0.2) is 0 Å². The minimum absolute atomic E-state index is 0.995. The Morgan fingerprint density at radius 2 is 0.800 bits per heavy atom. The summed E-state index contributed by atoms with van der Waals surface area (Å²) in [6, 6.07) is 0. The Hall–Kier alpha value is 3.48. The summed E-state index contributed by atoms with van der Waals surface area (Å²) < 4.78 is -0.995. The van der Waals surface area contributed by atoms with Crippen LogP contribution in [-0.4, -0.2) is 0.157 Å². The van der Waals surface area contributed by atoms with Crippen molar-refractivity contribution < 1.29 is 0 Å². The molecule has 0 amide bonds. The van der Waals surface area contributed by atoms with Crippen LogP contribution in [0.3, 0.4) is 0 Å². The van der Waals surface area contributed by atoms with Gasteiger partial charge < -0.3 is 0 Å². The van der Waals surface area contributed by atoms with Gasteiger partial charge in [-0.1, -0.05) is 0 Å². The number of hydrogen-bond donors (Lipinski definition) is 0. The molecule has 0 nitrogen and oxygen atoms in total. The van der Waals surface area contributed by atoms with Crippen LogP contribution in [0.25, 0.3) is 0 Å². The first kappa shape index (κ1) is 8.48. The molecule has 0 bridgehead atoms. The first-order valence-corrected chi connectivity index (χ1v) is 23.6. The van der Waals surface area contributed by atoms with E-state index in [1.807, 2.05) is 0 Å². The normalized spacial score (nSPS) is 12.0. The van der Waals surface area contributed by atoms with E-state index in [9.17, 15) is 0 Å². The summed E-state index contributed by atoms with van der Waals surface area (Å²) in [4.78, 5) is 0. The van der Waals surface area contributed by atoms with Gasteiger partial charge in [0.15, 0.2) is 0 Å². The Bertz CT molecular complexity index is 19.1. The zero-order valence-electron chi connectivity index (χ0n) is 1.96. The fourth-order valence-electron chi connectivity index (χ4n) is 0. The van der Waals surface area contributed by atoms with E-state index in [1.165, 1.54) is 0 Å². The molecule has 0 fully saturated rings. The second-order valence-corrected chi connectivity index (χ2v) is 89.6. The maximum absolute atomic E-state index is 2.51. The van der Waals surface area contributed by atoms with Crippen molar-refractivity contribution in [1.82, 2.24) is 0 Å². The monoisotopic (exact) mass is 583 g/mol. The Balaban J connectivity index is 3.02. The van der Waals surface area contributed by atoms with Gasteiger partial charge in [0, 0.05) is 0 Å². The molecule has 0 rings (SSSR count). The topological polar surface area (TPSA) is 0 Å². The summed E-state index contributed by atoms with van der Waals surface area (Å²) in [5, 5.41) is 0. The van der Waals surface area contributed by atoms with Crippen molar-refractivity contribution in [1.29, 1.82) is 0 Å². The number of halogens is 4. The predicted molar refractivity (Wildman–Crippen MR) is 61.8 cm³/mol. The van der Waals surface area contributed by atoms with Crippen molar-refractivity contribution in [3.05, 3.63) is 0 Å². The molecule has 0 aliphatic carbocycles. The van der Waals surface area contributed by atoms with Crippen molar-refractivity contribution >= 4 is 80.7 Å². The minimum atomic E-state index is -0.995. The molecular formula is AsI4. The van der Waals surface area contributed by atoms with E-state index < -0.39 is 0.157 Å². The van der Waals surface area contributed by atoms with Gasteiger partial charge in [0.1, 0.15) is 0 Å². The summed E-state index contributed by atoms with van der Waals surface area (Å²) in [5.74, 6) is 0. The van der Waals surface area contributed by atoms with Crippen molar-refractivity contribution in [2.45, 2.75) is 0 Å². The van der Waals surface area contributed by atoms with Gasteiger partial charge in [-0.15, -0.1) is 0 Å². The second kappa shape index (κ2) is 3.49. The first-order valence-electron chi connectivity index (χ1n) is 0.676. The first-order chi connectivity index (χ1) is 2.00. The van der Waals surface area contributed by atoms with Crippen LogP contribution in [0.2, 0.25) is 0 Å². The third-order valence-electron chi connectivity index (χ3n) is 0. The van der Waals surface area contributed by atoms with E-state index >= 15 is 0 Å². The van der Waals surface area contributed by atoms with E-state index in [4.69, 9.17) is 0 Å². The molecule has 0 saturated carbocycles. The van der Waals surface area contributed by atoms with Crippen LogP contribution >= 0.6 is 80.5 Å². The van der Waals surface area contributed by atoms with Gasteiger partial charge in [-0.2, -0.15) is 0 Å². The summed E-state index contributed by atoms with van der Waals surface area (Å²) in [7, 11) is 0. The van der Waals surface area contributed by atoms with E-state index in [1.54, 1.807) is 0 Å². The van der Waals surface area contributed by atoms with Gasteiger partial charge in [0.05, 0.1) is 0 Å². The van der Waals surface area contributed by atoms with Gasteiger partial charge in [-0.05, 0) is 0 Å². The summed E-state index contributed by atoms with van der Waals surface area (Å²) in [6.45, 7) is 0. The SMILES string of the molecule is I[As](I)(I)I. The van der Waals surface area contributed by atoms with Crippen LogP contribution < -0.4 is 0 Å². The Morgan fingerprint density at radius 3 is 0.800 bits per heavy atom. The zero-order valence-corrected chi connectivity index (χ0v) is 12.5. The molecule has 0 aromatic heterocycles.